The van der Waals surface area contributed by atoms with E-state index in [4.69, 9.17) is 15.2 Å². The van der Waals surface area contributed by atoms with Gasteiger partial charge in [-0.3, -0.25) is 52.8 Å². The molecular weight excluding hydrogens is 1310 g/mol. The predicted molar refractivity (Wildman–Crippen MR) is 345 cm³/mol. The molecule has 0 aromatic heterocycles. The number of Topliss-reactive ketones (excluding diaryl/α,β-unsaturated/α-hetero) is 1. The highest BCUT2D eigenvalue weighted by Crippen LogP contribution is 2.30. The van der Waals surface area contributed by atoms with Crippen LogP contribution >= 0.6 is 0 Å². The fraction of sp³-hybridized carbons (Fsp3) is 0.544. The lowest BCUT2D eigenvalue weighted by Crippen LogP contribution is -3.00. The van der Waals surface area contributed by atoms with Crippen molar-refractivity contribution in [1.82, 2.24) is 42.1 Å². The zero-order valence-corrected chi connectivity index (χ0v) is 56.9. The van der Waals surface area contributed by atoms with Crippen LogP contribution in [-0.2, 0) is 76.8 Å². The number of ether oxygens (including phenoxy) is 2. The minimum Gasteiger partial charge on any atom is -1.00 e. The van der Waals surface area contributed by atoms with Crippen LogP contribution in [-0.4, -0.2) is 169 Å². The highest BCUT2D eigenvalue weighted by molar-refractivity contribution is 6.12. The van der Waals surface area contributed by atoms with Crippen molar-refractivity contribution >= 4 is 70.7 Å². The number of hydrogen-bond donors (Lipinski definition) is 9. The number of aryl methyl sites for hydroxylation is 1. The highest BCUT2D eigenvalue weighted by Gasteiger charge is 2.50. The number of morpholine rings is 1. The lowest BCUT2D eigenvalue weighted by atomic mass is 9.93. The number of benzene rings is 3. The normalized spacial score (nSPS) is 17.6. The summed E-state index contributed by atoms with van der Waals surface area (Å²) in [6.45, 7) is 15.6. The summed E-state index contributed by atoms with van der Waals surface area (Å²) in [7, 11) is 0. The number of unbranched alkanes of at least 4 members (excludes halogenated alkanes) is 2. The number of ketones is 1. The van der Waals surface area contributed by atoms with Gasteiger partial charge < -0.3 is 86.2 Å². The first-order valence-corrected chi connectivity index (χ1v) is 32.3. The number of imide groups is 1. The van der Waals surface area contributed by atoms with Crippen LogP contribution < -0.4 is 72.2 Å². The molecule has 2 saturated heterocycles. The summed E-state index contributed by atoms with van der Waals surface area (Å²) in [4.78, 5) is 149. The van der Waals surface area contributed by atoms with E-state index in [-0.39, 0.29) is 134 Å². The van der Waals surface area contributed by atoms with Crippen LogP contribution in [0.4, 0.5) is 10.5 Å². The van der Waals surface area contributed by atoms with Crippen LogP contribution in [0.5, 0.6) is 0 Å². The Kier molecular flexibility index (Phi) is 30.5. The van der Waals surface area contributed by atoms with Gasteiger partial charge in [-0.05, 0) is 99.3 Å². The molecule has 7 unspecified atom stereocenters. The predicted octanol–water partition coefficient (Wildman–Crippen LogP) is 0.800. The summed E-state index contributed by atoms with van der Waals surface area (Å²) in [6, 6.07) is 18.8. The number of urea groups is 1. The van der Waals surface area contributed by atoms with Crippen LogP contribution in [0.25, 0.3) is 0 Å². The van der Waals surface area contributed by atoms with Crippen LogP contribution in [0.2, 0.25) is 0 Å². The zero-order chi connectivity index (χ0) is 67.0. The number of primary amides is 1. The van der Waals surface area contributed by atoms with Gasteiger partial charge in [0.05, 0.1) is 25.9 Å². The van der Waals surface area contributed by atoms with Crippen LogP contribution in [0.15, 0.2) is 97.1 Å². The number of halogens is 1. The number of quaternary nitrogens is 1. The molecule has 3 heterocycles. The Hall–Kier alpha value is -7.62. The summed E-state index contributed by atoms with van der Waals surface area (Å²) >= 11 is 0. The van der Waals surface area contributed by atoms with Crippen molar-refractivity contribution in [2.75, 3.05) is 57.9 Å². The molecule has 24 nitrogen and oxygen atoms in total. The zero-order valence-electron chi connectivity index (χ0n) is 54.7. The number of anilines is 1. The summed E-state index contributed by atoms with van der Waals surface area (Å²) in [5.41, 5.74) is 7.23. The largest absolute Gasteiger partial charge is 1.00 e. The van der Waals surface area contributed by atoms with E-state index >= 15 is 0 Å². The molecule has 11 amide bonds. The number of nitrogens with zero attached hydrogens (tertiary/aromatic N) is 2. The fourth-order valence-electron chi connectivity index (χ4n) is 11.3. The minimum atomic E-state index is -1.12. The molecule has 0 spiro atoms. The second kappa shape index (κ2) is 37.3. The molecule has 6 rings (SSSR count). The first-order chi connectivity index (χ1) is 43.8. The summed E-state index contributed by atoms with van der Waals surface area (Å²) in [6.07, 6.45) is 5.73. The van der Waals surface area contributed by atoms with E-state index in [9.17, 15) is 52.7 Å². The summed E-state index contributed by atoms with van der Waals surface area (Å²) < 4.78 is 11.5. The van der Waals surface area contributed by atoms with E-state index in [0.717, 1.165) is 21.6 Å². The van der Waals surface area contributed by atoms with E-state index in [1.54, 1.807) is 32.9 Å². The monoisotopic (exact) mass is 1400 g/mol. The van der Waals surface area contributed by atoms with Crippen LogP contribution in [0.1, 0.15) is 123 Å². The Bertz CT molecular complexity index is 3030. The molecule has 93 heavy (non-hydrogen) atoms. The van der Waals surface area contributed by atoms with Gasteiger partial charge in [-0.2, -0.15) is 0 Å². The number of carbonyl (C=O) groups is 11. The third-order valence-corrected chi connectivity index (χ3v) is 16.6. The molecule has 2 fully saturated rings. The molecule has 3 aliphatic heterocycles. The molecule has 0 aliphatic carbocycles. The van der Waals surface area contributed by atoms with Gasteiger partial charge in [-0.25, -0.2) is 4.79 Å². The average molecular weight is 1400 g/mol. The quantitative estimate of drug-likeness (QED) is 0.0126. The van der Waals surface area contributed by atoms with Crippen LogP contribution in [0, 0.1) is 17.8 Å². The number of carbonyl (C=O) groups excluding carboxylic acids is 11. The molecule has 0 radical (unpaired) electrons. The first kappa shape index (κ1) is 76.1. The number of amides is 11. The van der Waals surface area contributed by atoms with Crippen molar-refractivity contribution in [3.8, 4) is 0 Å². The maximum Gasteiger partial charge on any atom is 0.312 e. The number of hydrogen-bond acceptors (Lipinski definition) is 13. The Balaban J connectivity index is 0.0000157. The van der Waals surface area contributed by atoms with Gasteiger partial charge in [0.15, 0.2) is 12.3 Å². The van der Waals surface area contributed by atoms with E-state index < -0.39 is 83.3 Å². The van der Waals surface area contributed by atoms with Gasteiger partial charge in [0, 0.05) is 49.3 Å². The molecule has 0 bridgehead atoms. The number of nitrogens with two attached hydrogens (primary N) is 1. The van der Waals surface area contributed by atoms with Gasteiger partial charge in [0.1, 0.15) is 55.4 Å². The van der Waals surface area contributed by atoms with Gasteiger partial charge in [0.25, 0.3) is 17.7 Å². The van der Waals surface area contributed by atoms with Crippen molar-refractivity contribution in [3.05, 3.63) is 114 Å². The maximum atomic E-state index is 14.7. The van der Waals surface area contributed by atoms with E-state index in [2.05, 4.69) is 42.5 Å². The Morgan fingerprint density at radius 2 is 1.14 bits per heavy atom. The summed E-state index contributed by atoms with van der Waals surface area (Å²) in [5.74, 6) is -5.01. The maximum absolute atomic E-state index is 14.7. The van der Waals surface area contributed by atoms with Crippen molar-refractivity contribution in [1.29, 1.82) is 0 Å². The van der Waals surface area contributed by atoms with Gasteiger partial charge >= 0.3 is 6.03 Å². The molecule has 508 valence electrons. The van der Waals surface area contributed by atoms with Gasteiger partial charge in [-0.1, -0.05) is 121 Å². The van der Waals surface area contributed by atoms with E-state index in [1.165, 1.54) is 12.2 Å². The van der Waals surface area contributed by atoms with Crippen molar-refractivity contribution in [2.45, 2.75) is 167 Å². The number of rotatable bonds is 38. The number of nitrogens with one attached hydrogen (secondary N) is 8. The van der Waals surface area contributed by atoms with Crippen LogP contribution in [0.3, 0.4) is 0 Å². The number of epoxide rings is 1. The van der Waals surface area contributed by atoms with Crippen molar-refractivity contribution in [2.24, 2.45) is 23.5 Å². The fourth-order valence-corrected chi connectivity index (χ4v) is 11.3. The van der Waals surface area contributed by atoms with Gasteiger partial charge in [-0.15, -0.1) is 0 Å². The molecule has 3 aromatic rings. The van der Waals surface area contributed by atoms with E-state index in [1.807, 2.05) is 100 Å². The molecule has 3 aliphatic rings. The standard InChI is InChI=1S/C68H95N11O13.HI/c1-44(2)38-53(61(84)68(7)43-92-68)74-65(88)55(40-48-20-13-9-14-21-48)76-64(87)54(39-45(3)4)75-63(86)52(29-26-47-18-11-8-12-19-47)72-57(81)42-79(34-36-91-37-35-79)41-49-24-27-50(28-25-49)71-62(85)51(22-17-32-70-67(69)90)73-66(89)60(46(5)6)77-56(80)23-15-10-16-33-78-58(82)30-31-59(78)83;/h8-9,11-14,18-21,24-25,27-28,30-31,44-46,51-55,60H,10,15-17,22-23,26,29,32-43H2,1-7H3,(H9-,69,70,71,72,73,74,75,76,77,80,81,85,86,87,88,89,90);1H. The molecule has 0 saturated carbocycles. The molecular formula is C68H96IN11O13. The molecule has 25 heteroatoms. The minimum absolute atomic E-state index is 0. The Labute approximate surface area is 563 Å². The second-order valence-corrected chi connectivity index (χ2v) is 25.8. The third-order valence-electron chi connectivity index (χ3n) is 16.6. The van der Waals surface area contributed by atoms with E-state index in [0.29, 0.717) is 70.6 Å². The molecule has 3 aromatic carbocycles. The van der Waals surface area contributed by atoms with Gasteiger partial charge in [0.2, 0.25) is 35.4 Å². The topological polar surface area (TPSA) is 335 Å². The smallest absolute Gasteiger partial charge is 0.312 e. The molecule has 10 N–H and O–H groups in total. The Morgan fingerprint density at radius 1 is 0.591 bits per heavy atom. The average Bonchev–Trinajstić information content (AvgIpc) is 1.69. The van der Waals surface area contributed by atoms with Crippen molar-refractivity contribution < 1.29 is 90.7 Å². The summed E-state index contributed by atoms with van der Waals surface area (Å²) in [5, 5.41) is 22.8. The Morgan fingerprint density at radius 3 is 1.73 bits per heavy atom. The molecule has 7 atom stereocenters. The second-order valence-electron chi connectivity index (χ2n) is 25.8. The van der Waals surface area contributed by atoms with Crippen molar-refractivity contribution in [3.63, 3.8) is 0 Å². The SMILES string of the molecule is CC(C)CC(NC(=O)C(CCc1ccccc1)NC(=O)C[N+]1(Cc2ccc(NC(=O)C(CCCNC(N)=O)NC(=O)C(NC(=O)CCCCCN3C(=O)C=CC3=O)C(C)C)cc2)CCOCC1)C(=O)NC(Cc1ccccc1)C(=O)NC(CC(C)C)C(=O)C1(C)CO1.[I-]. The third kappa shape index (κ3) is 25.3. The lowest BCUT2D eigenvalue weighted by Gasteiger charge is -2.41. The lowest BCUT2D eigenvalue weighted by molar-refractivity contribution is -0.940. The first-order valence-electron chi connectivity index (χ1n) is 32.3. The highest BCUT2D eigenvalue weighted by atomic mass is 127.